The van der Waals surface area contributed by atoms with E-state index in [1.165, 1.54) is 41.7 Å². The minimum absolute atomic E-state index is 0.0127. The second-order valence-electron chi connectivity index (χ2n) is 8.79. The van der Waals surface area contributed by atoms with Gasteiger partial charge in [-0.1, -0.05) is 24.3 Å². The standard InChI is InChI=1S/C22H31N3O5S2/c1-16(2)25(6)32(29,30)19-12-9-11-17(14-19)21(26)23-15-18-10-7-8-13-20(18)31(27,28)24-22(3,4)5/h7-14,16,24H,15H2,1-6H3,(H,23,26). The van der Waals surface area contributed by atoms with Gasteiger partial charge >= 0.3 is 0 Å². The van der Waals surface area contributed by atoms with Gasteiger partial charge in [0.2, 0.25) is 20.0 Å². The van der Waals surface area contributed by atoms with Crippen LogP contribution in [0, 0.1) is 0 Å². The zero-order valence-electron chi connectivity index (χ0n) is 19.2. The van der Waals surface area contributed by atoms with Crippen LogP contribution >= 0.6 is 0 Å². The van der Waals surface area contributed by atoms with E-state index in [9.17, 15) is 21.6 Å². The molecule has 2 N–H and O–H groups in total. The van der Waals surface area contributed by atoms with Gasteiger partial charge in [0.15, 0.2) is 0 Å². The summed E-state index contributed by atoms with van der Waals surface area (Å²) in [5.41, 5.74) is -0.0816. The van der Waals surface area contributed by atoms with Crippen molar-refractivity contribution in [3.05, 3.63) is 59.7 Å². The summed E-state index contributed by atoms with van der Waals surface area (Å²) in [6, 6.07) is 11.9. The van der Waals surface area contributed by atoms with Gasteiger partial charge in [0, 0.05) is 30.7 Å². The molecule has 2 aromatic rings. The van der Waals surface area contributed by atoms with Crippen LogP contribution in [0.25, 0.3) is 0 Å². The van der Waals surface area contributed by atoms with Gasteiger partial charge in [-0.25, -0.2) is 21.6 Å². The van der Waals surface area contributed by atoms with Crippen LogP contribution in [0.5, 0.6) is 0 Å². The fraction of sp³-hybridized carbons (Fsp3) is 0.409. The first-order chi connectivity index (χ1) is 14.6. The van der Waals surface area contributed by atoms with E-state index in [0.717, 1.165) is 0 Å². The number of carbonyl (C=O) groups is 1. The van der Waals surface area contributed by atoms with Crippen LogP contribution in [0.15, 0.2) is 58.3 Å². The molecule has 0 fully saturated rings. The maximum atomic E-state index is 12.8. The quantitative estimate of drug-likeness (QED) is 0.602. The highest BCUT2D eigenvalue weighted by molar-refractivity contribution is 7.89. The summed E-state index contributed by atoms with van der Waals surface area (Å²) in [7, 11) is -6.05. The third-order valence-electron chi connectivity index (χ3n) is 4.64. The average molecular weight is 482 g/mol. The van der Waals surface area contributed by atoms with Gasteiger partial charge < -0.3 is 5.32 Å². The van der Waals surface area contributed by atoms with E-state index < -0.39 is 31.5 Å². The predicted molar refractivity (Wildman–Crippen MR) is 124 cm³/mol. The number of amides is 1. The number of carbonyl (C=O) groups excluding carboxylic acids is 1. The van der Waals surface area contributed by atoms with E-state index in [2.05, 4.69) is 10.0 Å². The molecule has 0 saturated heterocycles. The van der Waals surface area contributed by atoms with Crippen molar-refractivity contribution in [1.29, 1.82) is 0 Å². The Bertz CT molecular complexity index is 1180. The molecule has 0 aliphatic carbocycles. The number of nitrogens with zero attached hydrogens (tertiary/aromatic N) is 1. The fourth-order valence-electron chi connectivity index (χ4n) is 2.89. The molecule has 1 amide bonds. The van der Waals surface area contributed by atoms with Crippen LogP contribution < -0.4 is 10.0 Å². The summed E-state index contributed by atoms with van der Waals surface area (Å²) in [4.78, 5) is 12.8. The molecule has 8 nitrogen and oxygen atoms in total. The average Bonchev–Trinajstić information content (AvgIpc) is 2.69. The number of benzene rings is 2. The Morgan fingerprint density at radius 1 is 1.00 bits per heavy atom. The summed E-state index contributed by atoms with van der Waals surface area (Å²) in [5.74, 6) is -0.509. The molecule has 0 aromatic heterocycles. The predicted octanol–water partition coefficient (Wildman–Crippen LogP) is 2.72. The van der Waals surface area contributed by atoms with Crippen molar-refractivity contribution in [2.45, 2.75) is 62.5 Å². The Morgan fingerprint density at radius 2 is 1.62 bits per heavy atom. The monoisotopic (exact) mass is 481 g/mol. The maximum absolute atomic E-state index is 12.8. The van der Waals surface area contributed by atoms with E-state index >= 15 is 0 Å². The van der Waals surface area contributed by atoms with Crippen LogP contribution in [0.2, 0.25) is 0 Å². The second-order valence-corrected chi connectivity index (χ2v) is 12.4. The minimum atomic E-state index is -3.79. The van der Waals surface area contributed by atoms with Crippen LogP contribution in [0.3, 0.4) is 0 Å². The smallest absolute Gasteiger partial charge is 0.251 e. The Hall–Kier alpha value is -2.27. The van der Waals surface area contributed by atoms with Crippen LogP contribution in [0.4, 0.5) is 0 Å². The van der Waals surface area contributed by atoms with Crippen LogP contribution in [-0.2, 0) is 26.6 Å². The highest BCUT2D eigenvalue weighted by Crippen LogP contribution is 2.20. The topological polar surface area (TPSA) is 113 Å². The fourth-order valence-corrected chi connectivity index (χ4v) is 5.96. The maximum Gasteiger partial charge on any atom is 0.251 e. The van der Waals surface area contributed by atoms with Crippen molar-refractivity contribution in [1.82, 2.24) is 14.3 Å². The summed E-state index contributed by atoms with van der Waals surface area (Å²) in [5, 5.41) is 2.68. The Balaban J connectivity index is 2.25. The van der Waals surface area contributed by atoms with Crippen molar-refractivity contribution in [2.24, 2.45) is 0 Å². The summed E-state index contributed by atoms with van der Waals surface area (Å²) in [6.07, 6.45) is 0. The molecule has 10 heteroatoms. The van der Waals surface area contributed by atoms with Crippen molar-refractivity contribution in [2.75, 3.05) is 7.05 Å². The van der Waals surface area contributed by atoms with E-state index in [4.69, 9.17) is 0 Å². The molecule has 0 radical (unpaired) electrons. The molecule has 0 aliphatic heterocycles. The Morgan fingerprint density at radius 3 is 2.22 bits per heavy atom. The lowest BCUT2D eigenvalue weighted by Gasteiger charge is -2.22. The number of rotatable bonds is 8. The molecule has 2 aromatic carbocycles. The highest BCUT2D eigenvalue weighted by Gasteiger charge is 2.25. The van der Waals surface area contributed by atoms with Crippen molar-refractivity contribution in [3.8, 4) is 0 Å². The van der Waals surface area contributed by atoms with Gasteiger partial charge in [-0.15, -0.1) is 0 Å². The van der Waals surface area contributed by atoms with Crippen molar-refractivity contribution < 1.29 is 21.6 Å². The number of hydrogen-bond acceptors (Lipinski definition) is 5. The lowest BCUT2D eigenvalue weighted by Crippen LogP contribution is -2.41. The van der Waals surface area contributed by atoms with Gasteiger partial charge in [-0.05, 0) is 64.4 Å². The van der Waals surface area contributed by atoms with Gasteiger partial charge in [-0.3, -0.25) is 4.79 Å². The second kappa shape index (κ2) is 9.70. The first-order valence-corrected chi connectivity index (χ1v) is 13.1. The Kier molecular flexibility index (Phi) is 7.87. The van der Waals surface area contributed by atoms with Gasteiger partial charge in [0.1, 0.15) is 0 Å². The highest BCUT2D eigenvalue weighted by atomic mass is 32.2. The molecule has 0 heterocycles. The normalized spacial score (nSPS) is 12.9. The van der Waals surface area contributed by atoms with Gasteiger partial charge in [0.05, 0.1) is 9.79 Å². The summed E-state index contributed by atoms with van der Waals surface area (Å²) < 4.78 is 54.8. The van der Waals surface area contributed by atoms with Crippen molar-refractivity contribution >= 4 is 26.0 Å². The molecular formula is C22H31N3O5S2. The zero-order chi connectivity index (χ0) is 24.3. The molecule has 2 rings (SSSR count). The molecule has 0 atom stereocenters. The van der Waals surface area contributed by atoms with Gasteiger partial charge in [0.25, 0.3) is 5.91 Å². The molecule has 0 spiro atoms. The number of nitrogens with one attached hydrogen (secondary N) is 2. The first kappa shape index (κ1) is 26.0. The molecule has 0 unspecified atom stereocenters. The van der Waals surface area contributed by atoms with Gasteiger partial charge in [-0.2, -0.15) is 4.31 Å². The molecule has 176 valence electrons. The zero-order valence-corrected chi connectivity index (χ0v) is 20.8. The lowest BCUT2D eigenvalue weighted by molar-refractivity contribution is 0.0950. The third-order valence-corrected chi connectivity index (χ3v) is 8.53. The van der Waals surface area contributed by atoms with E-state index in [1.807, 2.05) is 0 Å². The molecule has 0 saturated carbocycles. The largest absolute Gasteiger partial charge is 0.348 e. The van der Waals surface area contributed by atoms with E-state index in [-0.39, 0.29) is 27.9 Å². The minimum Gasteiger partial charge on any atom is -0.348 e. The van der Waals surface area contributed by atoms with Crippen LogP contribution in [-0.4, -0.2) is 45.7 Å². The summed E-state index contributed by atoms with van der Waals surface area (Å²) in [6.45, 7) is 8.71. The summed E-state index contributed by atoms with van der Waals surface area (Å²) >= 11 is 0. The lowest BCUT2D eigenvalue weighted by atomic mass is 10.1. The molecule has 32 heavy (non-hydrogen) atoms. The van der Waals surface area contributed by atoms with E-state index in [1.54, 1.807) is 52.8 Å². The number of sulfonamides is 2. The molecule has 0 bridgehead atoms. The number of hydrogen-bond donors (Lipinski definition) is 2. The SMILES string of the molecule is CC(C)N(C)S(=O)(=O)c1cccc(C(=O)NCc2ccccc2S(=O)(=O)NC(C)(C)C)c1. The van der Waals surface area contributed by atoms with Crippen LogP contribution in [0.1, 0.15) is 50.5 Å². The Labute approximate surface area is 191 Å². The van der Waals surface area contributed by atoms with E-state index in [0.29, 0.717) is 5.56 Å². The molecular weight excluding hydrogens is 450 g/mol. The molecule has 0 aliphatic rings. The third kappa shape index (κ3) is 6.38. The van der Waals surface area contributed by atoms with Crippen molar-refractivity contribution in [3.63, 3.8) is 0 Å². The first-order valence-electron chi connectivity index (χ1n) is 10.1.